The van der Waals surface area contributed by atoms with Crippen LogP contribution in [-0.2, 0) is 0 Å². The van der Waals surface area contributed by atoms with E-state index in [9.17, 15) is 4.39 Å². The van der Waals surface area contributed by atoms with Crippen LogP contribution in [0.5, 0.6) is 0 Å². The third kappa shape index (κ3) is 2.20. The Labute approximate surface area is 111 Å². The molecule has 0 N–H and O–H groups in total. The predicted molar refractivity (Wildman–Crippen MR) is 72.5 cm³/mol. The van der Waals surface area contributed by atoms with Crippen LogP contribution in [0.15, 0.2) is 0 Å². The highest BCUT2D eigenvalue weighted by atomic mass is 19.1. The van der Waals surface area contributed by atoms with E-state index in [0.29, 0.717) is 30.6 Å². The summed E-state index contributed by atoms with van der Waals surface area (Å²) in [7, 11) is 0. The molecule has 0 amide bonds. The van der Waals surface area contributed by atoms with Crippen LogP contribution in [0.1, 0.15) is 46.5 Å². The molecule has 18 heavy (non-hydrogen) atoms. The van der Waals surface area contributed by atoms with E-state index in [4.69, 9.17) is 0 Å². The van der Waals surface area contributed by atoms with Gasteiger partial charge >= 0.3 is 0 Å². The number of hydrogen-bond acceptors (Lipinski definition) is 2. The molecule has 3 fully saturated rings. The fourth-order valence-corrected chi connectivity index (χ4v) is 4.25. The first-order valence-corrected chi connectivity index (χ1v) is 7.56. The van der Waals surface area contributed by atoms with Gasteiger partial charge in [-0.15, -0.1) is 0 Å². The average molecular weight is 254 g/mol. The highest BCUT2D eigenvalue weighted by molar-refractivity contribution is 5.04. The summed E-state index contributed by atoms with van der Waals surface area (Å²) in [6, 6.07) is 1.35. The zero-order valence-electron chi connectivity index (χ0n) is 12.1. The summed E-state index contributed by atoms with van der Waals surface area (Å²) in [4.78, 5) is 4.97. The highest BCUT2D eigenvalue weighted by Gasteiger charge is 2.50. The van der Waals surface area contributed by atoms with Gasteiger partial charge in [0.2, 0.25) is 0 Å². The van der Waals surface area contributed by atoms with Crippen LogP contribution in [-0.4, -0.2) is 53.7 Å². The summed E-state index contributed by atoms with van der Waals surface area (Å²) in [5.41, 5.74) is -0.330. The Kier molecular flexibility index (Phi) is 2.98. The summed E-state index contributed by atoms with van der Waals surface area (Å²) in [6.45, 7) is 10.2. The van der Waals surface area contributed by atoms with Crippen LogP contribution < -0.4 is 0 Å². The molecule has 1 unspecified atom stereocenters. The molecule has 3 heteroatoms. The molecular weight excluding hydrogens is 227 g/mol. The zero-order valence-corrected chi connectivity index (χ0v) is 12.1. The molecule has 104 valence electrons. The van der Waals surface area contributed by atoms with Crippen molar-refractivity contribution in [2.75, 3.05) is 26.2 Å². The van der Waals surface area contributed by atoms with Gasteiger partial charge in [-0.05, 0) is 45.4 Å². The minimum absolute atomic E-state index is 0.579. The monoisotopic (exact) mass is 254 g/mol. The van der Waals surface area contributed by atoms with Gasteiger partial charge in [-0.2, -0.15) is 0 Å². The van der Waals surface area contributed by atoms with E-state index in [2.05, 4.69) is 23.6 Å². The summed E-state index contributed by atoms with van der Waals surface area (Å²) < 4.78 is 13.6. The van der Waals surface area contributed by atoms with Gasteiger partial charge in [0.1, 0.15) is 5.67 Å². The molecular formula is C15H27FN2. The van der Waals surface area contributed by atoms with E-state index < -0.39 is 5.67 Å². The quantitative estimate of drug-likeness (QED) is 0.747. The maximum atomic E-state index is 13.6. The number of likely N-dealkylation sites (tertiary alicyclic amines) is 2. The molecule has 0 radical (unpaired) electrons. The van der Waals surface area contributed by atoms with E-state index >= 15 is 0 Å². The molecule has 2 heterocycles. The molecule has 0 aromatic rings. The van der Waals surface area contributed by atoms with E-state index in [1.165, 1.54) is 38.8 Å². The van der Waals surface area contributed by atoms with E-state index in [1.807, 2.05) is 0 Å². The van der Waals surface area contributed by atoms with Gasteiger partial charge in [0.05, 0.1) is 0 Å². The van der Waals surface area contributed by atoms with Crippen molar-refractivity contribution in [3.05, 3.63) is 0 Å². The van der Waals surface area contributed by atoms with Crippen LogP contribution >= 0.6 is 0 Å². The molecule has 1 saturated carbocycles. The summed E-state index contributed by atoms with van der Waals surface area (Å²) in [5.74, 6) is 0. The molecule has 2 nitrogen and oxygen atoms in total. The SMILES string of the molecule is CC(C)N1CC2(CCCC(N3CC(C)(F)C3)C2)C1. The number of hydrogen-bond donors (Lipinski definition) is 0. The van der Waals surface area contributed by atoms with Crippen molar-refractivity contribution in [2.45, 2.75) is 64.2 Å². The van der Waals surface area contributed by atoms with Crippen molar-refractivity contribution in [3.63, 3.8) is 0 Å². The van der Waals surface area contributed by atoms with Gasteiger partial charge in [-0.3, -0.25) is 9.80 Å². The third-order valence-corrected chi connectivity index (χ3v) is 5.30. The molecule has 1 spiro atoms. The van der Waals surface area contributed by atoms with Crippen LogP contribution in [0.25, 0.3) is 0 Å². The Hall–Kier alpha value is -0.150. The number of nitrogens with zero attached hydrogens (tertiary/aromatic N) is 2. The maximum Gasteiger partial charge on any atom is 0.133 e. The van der Waals surface area contributed by atoms with Gasteiger partial charge in [0, 0.05) is 38.3 Å². The normalized spacial score (nSPS) is 35.5. The smallest absolute Gasteiger partial charge is 0.133 e. The number of rotatable bonds is 2. The third-order valence-electron chi connectivity index (χ3n) is 5.30. The van der Waals surface area contributed by atoms with E-state index in [0.717, 1.165) is 0 Å². The molecule has 0 bridgehead atoms. The maximum absolute atomic E-state index is 13.6. The summed E-state index contributed by atoms with van der Waals surface area (Å²) >= 11 is 0. The van der Waals surface area contributed by atoms with Crippen molar-refractivity contribution in [3.8, 4) is 0 Å². The highest BCUT2D eigenvalue weighted by Crippen LogP contribution is 2.47. The number of alkyl halides is 1. The second kappa shape index (κ2) is 4.17. The van der Waals surface area contributed by atoms with E-state index in [-0.39, 0.29) is 0 Å². The first-order valence-electron chi connectivity index (χ1n) is 7.56. The van der Waals surface area contributed by atoms with Gasteiger partial charge in [-0.1, -0.05) is 6.42 Å². The molecule has 2 aliphatic heterocycles. The lowest BCUT2D eigenvalue weighted by Crippen LogP contribution is -2.66. The van der Waals surface area contributed by atoms with Crippen molar-refractivity contribution in [1.29, 1.82) is 0 Å². The molecule has 2 saturated heterocycles. The predicted octanol–water partition coefficient (Wildman–Crippen LogP) is 2.68. The standard InChI is InChI=1S/C15H27FN2/c1-12(2)17-10-15(11-17)6-4-5-13(7-15)18-8-14(3,16)9-18/h12-13H,4-11H2,1-3H3. The average Bonchev–Trinajstić information content (AvgIpc) is 2.22. The Bertz CT molecular complexity index is 312. The van der Waals surface area contributed by atoms with Gasteiger partial charge in [0.25, 0.3) is 0 Å². The number of halogens is 1. The van der Waals surface area contributed by atoms with Crippen molar-refractivity contribution < 1.29 is 4.39 Å². The van der Waals surface area contributed by atoms with Crippen molar-refractivity contribution >= 4 is 0 Å². The van der Waals surface area contributed by atoms with Crippen LogP contribution in [0, 0.1) is 5.41 Å². The van der Waals surface area contributed by atoms with Crippen LogP contribution in [0.4, 0.5) is 4.39 Å². The Morgan fingerprint density at radius 1 is 1.17 bits per heavy atom. The minimum atomic E-state index is -0.909. The summed E-state index contributed by atoms with van der Waals surface area (Å²) in [6.07, 6.45) is 5.34. The second-order valence-electron chi connectivity index (χ2n) is 7.57. The minimum Gasteiger partial charge on any atom is -0.300 e. The lowest BCUT2D eigenvalue weighted by molar-refractivity contribution is -0.105. The first kappa shape index (κ1) is 12.9. The molecule has 3 rings (SSSR count). The Morgan fingerprint density at radius 3 is 2.39 bits per heavy atom. The zero-order chi connectivity index (χ0) is 13.0. The molecule has 1 aliphatic carbocycles. The van der Waals surface area contributed by atoms with E-state index in [1.54, 1.807) is 6.92 Å². The Morgan fingerprint density at radius 2 is 1.83 bits per heavy atom. The van der Waals surface area contributed by atoms with Crippen molar-refractivity contribution in [1.82, 2.24) is 9.80 Å². The molecule has 1 atom stereocenters. The van der Waals surface area contributed by atoms with Crippen molar-refractivity contribution in [2.24, 2.45) is 5.41 Å². The molecule has 0 aromatic carbocycles. The lowest BCUT2D eigenvalue weighted by Gasteiger charge is -2.58. The van der Waals surface area contributed by atoms with Gasteiger partial charge in [-0.25, -0.2) is 4.39 Å². The van der Waals surface area contributed by atoms with Gasteiger partial charge in [0.15, 0.2) is 0 Å². The Balaban J connectivity index is 1.54. The van der Waals surface area contributed by atoms with Crippen LogP contribution in [0.3, 0.4) is 0 Å². The fourth-order valence-electron chi connectivity index (χ4n) is 4.25. The molecule has 3 aliphatic rings. The fraction of sp³-hybridized carbons (Fsp3) is 1.00. The summed E-state index contributed by atoms with van der Waals surface area (Å²) in [5, 5.41) is 0. The lowest BCUT2D eigenvalue weighted by atomic mass is 9.66. The van der Waals surface area contributed by atoms with Gasteiger partial charge < -0.3 is 0 Å². The molecule has 0 aromatic heterocycles. The first-order chi connectivity index (χ1) is 8.39. The van der Waals surface area contributed by atoms with Crippen LogP contribution in [0.2, 0.25) is 0 Å². The second-order valence-corrected chi connectivity index (χ2v) is 7.57. The topological polar surface area (TPSA) is 6.48 Å². The largest absolute Gasteiger partial charge is 0.300 e.